The molecule has 0 saturated carbocycles. The number of unbranched alkanes of at least 4 members (excludes halogenated alkanes) is 28. The lowest BCUT2D eigenvalue weighted by Gasteiger charge is -2.18. The molecule has 0 saturated heterocycles. The molecule has 0 radical (unpaired) electrons. The van der Waals surface area contributed by atoms with Crippen molar-refractivity contribution in [2.75, 3.05) is 13.2 Å². The van der Waals surface area contributed by atoms with Crippen LogP contribution in [0.5, 0.6) is 0 Å². The number of ether oxygens (including phenoxy) is 3. The Labute approximate surface area is 342 Å². The van der Waals surface area contributed by atoms with Crippen molar-refractivity contribution >= 4 is 17.9 Å². The van der Waals surface area contributed by atoms with Crippen molar-refractivity contribution in [1.29, 1.82) is 0 Å². The van der Waals surface area contributed by atoms with E-state index >= 15 is 0 Å². The molecular formula is C49H94O6. The molecule has 0 rings (SSSR count). The lowest BCUT2D eigenvalue weighted by molar-refractivity contribution is -0.167. The van der Waals surface area contributed by atoms with Crippen LogP contribution in [0.3, 0.4) is 0 Å². The van der Waals surface area contributed by atoms with Gasteiger partial charge in [0.15, 0.2) is 6.10 Å². The molecule has 6 nitrogen and oxygen atoms in total. The first kappa shape index (κ1) is 53.4. The number of hydrogen-bond donors (Lipinski definition) is 0. The predicted octanol–water partition coefficient (Wildman–Crippen LogP) is 15.4. The highest BCUT2D eigenvalue weighted by molar-refractivity contribution is 5.71. The fourth-order valence-electron chi connectivity index (χ4n) is 7.28. The first-order valence-electron chi connectivity index (χ1n) is 24.2. The van der Waals surface area contributed by atoms with Gasteiger partial charge in [-0.1, -0.05) is 227 Å². The molecule has 0 N–H and O–H groups in total. The second-order valence-corrected chi connectivity index (χ2v) is 17.7. The maximum Gasteiger partial charge on any atom is 0.306 e. The minimum Gasteiger partial charge on any atom is -0.462 e. The molecule has 0 amide bonds. The third-order valence-electron chi connectivity index (χ3n) is 11.0. The van der Waals surface area contributed by atoms with Gasteiger partial charge in [-0.15, -0.1) is 0 Å². The van der Waals surface area contributed by atoms with Crippen molar-refractivity contribution in [1.82, 2.24) is 0 Å². The third kappa shape index (κ3) is 43.4. The van der Waals surface area contributed by atoms with Crippen LogP contribution >= 0.6 is 0 Å². The van der Waals surface area contributed by atoms with Crippen LogP contribution in [-0.2, 0) is 28.6 Å². The molecule has 0 unspecified atom stereocenters. The number of esters is 3. The minimum absolute atomic E-state index is 0.0647. The SMILES string of the molecule is CCCCCCCCCC(=O)OC[C@@H](COC(=O)CCCCCCCCCCCCC(C)C)OC(=O)CCCCCCCCCCCCCCCCC(C)C. The smallest absolute Gasteiger partial charge is 0.306 e. The lowest BCUT2D eigenvalue weighted by atomic mass is 10.0. The topological polar surface area (TPSA) is 78.9 Å². The summed E-state index contributed by atoms with van der Waals surface area (Å²) in [5, 5.41) is 0. The molecular weight excluding hydrogens is 685 g/mol. The van der Waals surface area contributed by atoms with Gasteiger partial charge in [-0.3, -0.25) is 14.4 Å². The van der Waals surface area contributed by atoms with Crippen LogP contribution in [0.4, 0.5) is 0 Å². The van der Waals surface area contributed by atoms with Gasteiger partial charge < -0.3 is 14.2 Å². The zero-order chi connectivity index (χ0) is 40.5. The number of rotatable bonds is 43. The summed E-state index contributed by atoms with van der Waals surface area (Å²) in [6, 6.07) is 0. The largest absolute Gasteiger partial charge is 0.462 e. The van der Waals surface area contributed by atoms with Gasteiger partial charge in [0, 0.05) is 19.3 Å². The zero-order valence-corrected chi connectivity index (χ0v) is 37.6. The van der Waals surface area contributed by atoms with Crippen LogP contribution in [0.2, 0.25) is 0 Å². The van der Waals surface area contributed by atoms with Crippen molar-refractivity contribution in [3.63, 3.8) is 0 Å². The predicted molar refractivity (Wildman–Crippen MR) is 233 cm³/mol. The summed E-state index contributed by atoms with van der Waals surface area (Å²) in [6.45, 7) is 11.3. The third-order valence-corrected chi connectivity index (χ3v) is 11.0. The highest BCUT2D eigenvalue weighted by Crippen LogP contribution is 2.17. The van der Waals surface area contributed by atoms with E-state index in [1.165, 1.54) is 154 Å². The summed E-state index contributed by atoms with van der Waals surface area (Å²) in [5.41, 5.74) is 0. The Balaban J connectivity index is 4.23. The number of carbonyl (C=O) groups is 3. The van der Waals surface area contributed by atoms with Gasteiger partial charge in [-0.2, -0.15) is 0 Å². The summed E-state index contributed by atoms with van der Waals surface area (Å²) in [5.74, 6) is 0.803. The fourth-order valence-corrected chi connectivity index (χ4v) is 7.28. The Bertz CT molecular complexity index is 839. The standard InChI is InChI=1S/C49H94O6/c1-6-7-8-9-22-29-34-39-47(50)53-42-46(43-54-48(51)40-35-30-25-20-17-16-19-24-28-33-38-45(4)5)55-49(52)41-36-31-26-21-15-13-11-10-12-14-18-23-27-32-37-44(2)3/h44-46H,6-43H2,1-5H3/t46-/m0/s1. The van der Waals surface area contributed by atoms with Crippen molar-refractivity contribution in [3.8, 4) is 0 Å². The number of hydrogen-bond acceptors (Lipinski definition) is 6. The van der Waals surface area contributed by atoms with Gasteiger partial charge in [-0.05, 0) is 31.1 Å². The molecule has 55 heavy (non-hydrogen) atoms. The first-order chi connectivity index (χ1) is 26.7. The van der Waals surface area contributed by atoms with Crippen molar-refractivity contribution in [2.45, 2.75) is 272 Å². The van der Waals surface area contributed by atoms with E-state index in [1.807, 2.05) is 0 Å². The van der Waals surface area contributed by atoms with Crippen LogP contribution in [0, 0.1) is 11.8 Å². The highest BCUT2D eigenvalue weighted by atomic mass is 16.6. The second-order valence-electron chi connectivity index (χ2n) is 17.7. The van der Waals surface area contributed by atoms with E-state index in [2.05, 4.69) is 34.6 Å². The average Bonchev–Trinajstić information content (AvgIpc) is 3.15. The Morgan fingerprint density at radius 2 is 0.600 bits per heavy atom. The Kier molecular flexibility index (Phi) is 40.8. The van der Waals surface area contributed by atoms with E-state index < -0.39 is 6.10 Å². The van der Waals surface area contributed by atoms with E-state index in [-0.39, 0.29) is 31.1 Å². The van der Waals surface area contributed by atoms with Crippen LogP contribution in [0.15, 0.2) is 0 Å². The molecule has 0 heterocycles. The lowest BCUT2D eigenvalue weighted by Crippen LogP contribution is -2.30. The maximum atomic E-state index is 12.7. The molecule has 326 valence electrons. The van der Waals surface area contributed by atoms with Crippen molar-refractivity contribution in [2.24, 2.45) is 11.8 Å². The van der Waals surface area contributed by atoms with Crippen LogP contribution in [0.25, 0.3) is 0 Å². The highest BCUT2D eigenvalue weighted by Gasteiger charge is 2.19. The maximum absolute atomic E-state index is 12.7. The summed E-state index contributed by atoms with van der Waals surface area (Å²) in [4.78, 5) is 37.7. The van der Waals surface area contributed by atoms with Gasteiger partial charge in [0.1, 0.15) is 13.2 Å². The first-order valence-corrected chi connectivity index (χ1v) is 24.2. The van der Waals surface area contributed by atoms with Gasteiger partial charge in [0.25, 0.3) is 0 Å². The Morgan fingerprint density at radius 1 is 0.345 bits per heavy atom. The van der Waals surface area contributed by atoms with E-state index in [0.29, 0.717) is 19.3 Å². The monoisotopic (exact) mass is 779 g/mol. The molecule has 0 spiro atoms. The average molecular weight is 779 g/mol. The molecule has 0 aromatic carbocycles. The summed E-state index contributed by atoms with van der Waals surface area (Å²) in [7, 11) is 0. The molecule has 6 heteroatoms. The second kappa shape index (κ2) is 42.0. The molecule has 1 atom stereocenters. The molecule has 0 aliphatic rings. The van der Waals surface area contributed by atoms with E-state index in [4.69, 9.17) is 14.2 Å². The van der Waals surface area contributed by atoms with Gasteiger partial charge in [-0.25, -0.2) is 0 Å². The van der Waals surface area contributed by atoms with Crippen molar-refractivity contribution < 1.29 is 28.6 Å². The van der Waals surface area contributed by atoms with E-state index in [0.717, 1.165) is 69.6 Å². The Morgan fingerprint density at radius 3 is 0.891 bits per heavy atom. The minimum atomic E-state index is -0.760. The molecule has 0 bridgehead atoms. The Hall–Kier alpha value is -1.59. The van der Waals surface area contributed by atoms with Gasteiger partial charge >= 0.3 is 17.9 Å². The van der Waals surface area contributed by atoms with Crippen LogP contribution in [0.1, 0.15) is 266 Å². The van der Waals surface area contributed by atoms with Gasteiger partial charge in [0.2, 0.25) is 0 Å². The summed E-state index contributed by atoms with van der Waals surface area (Å²) < 4.78 is 16.7. The van der Waals surface area contributed by atoms with Gasteiger partial charge in [0.05, 0.1) is 0 Å². The molecule has 0 aromatic heterocycles. The normalized spacial score (nSPS) is 12.1. The summed E-state index contributed by atoms with van der Waals surface area (Å²) in [6.07, 6.45) is 41.0. The van der Waals surface area contributed by atoms with E-state index in [1.54, 1.807) is 0 Å². The molecule has 0 aliphatic heterocycles. The van der Waals surface area contributed by atoms with Crippen LogP contribution in [-0.4, -0.2) is 37.2 Å². The van der Waals surface area contributed by atoms with Crippen molar-refractivity contribution in [3.05, 3.63) is 0 Å². The summed E-state index contributed by atoms with van der Waals surface area (Å²) >= 11 is 0. The number of carbonyl (C=O) groups excluding carboxylic acids is 3. The molecule has 0 fully saturated rings. The molecule has 0 aromatic rings. The van der Waals surface area contributed by atoms with E-state index in [9.17, 15) is 14.4 Å². The zero-order valence-electron chi connectivity index (χ0n) is 37.6. The fraction of sp³-hybridized carbons (Fsp3) is 0.939. The molecule has 0 aliphatic carbocycles. The van der Waals surface area contributed by atoms with Crippen LogP contribution < -0.4 is 0 Å². The quantitative estimate of drug-likeness (QED) is 0.0348.